The molecule has 4 heteroatoms. The fraction of sp³-hybridized carbons (Fsp3) is 0.273. The molecule has 0 saturated heterocycles. The first kappa shape index (κ1) is 17.9. The number of nitrogens with zero attached hydrogens (tertiary/aromatic N) is 2. The SMILES string of the molecule is CC(=O)N1C=Cc2ccccc2C1CC(=O)N(C)Cc1ccccc1C. The van der Waals surface area contributed by atoms with Crippen molar-refractivity contribution in [2.75, 3.05) is 7.05 Å². The van der Waals surface area contributed by atoms with Crippen LogP contribution < -0.4 is 0 Å². The van der Waals surface area contributed by atoms with Gasteiger partial charge in [0, 0.05) is 26.7 Å². The van der Waals surface area contributed by atoms with E-state index in [0.29, 0.717) is 6.54 Å². The number of hydrogen-bond donors (Lipinski definition) is 0. The zero-order chi connectivity index (χ0) is 18.7. The van der Waals surface area contributed by atoms with Gasteiger partial charge in [-0.3, -0.25) is 9.59 Å². The zero-order valence-corrected chi connectivity index (χ0v) is 15.5. The Kier molecular flexibility index (Phi) is 5.21. The molecule has 1 aliphatic rings. The Hall–Kier alpha value is -2.88. The lowest BCUT2D eigenvalue weighted by atomic mass is 9.93. The molecule has 0 saturated carbocycles. The summed E-state index contributed by atoms with van der Waals surface area (Å²) in [7, 11) is 1.82. The second-order valence-electron chi connectivity index (χ2n) is 6.77. The lowest BCUT2D eigenvalue weighted by Gasteiger charge is -2.33. The van der Waals surface area contributed by atoms with Gasteiger partial charge >= 0.3 is 0 Å². The third kappa shape index (κ3) is 3.69. The topological polar surface area (TPSA) is 40.6 Å². The van der Waals surface area contributed by atoms with Crippen LogP contribution in [0.3, 0.4) is 0 Å². The highest BCUT2D eigenvalue weighted by atomic mass is 16.2. The first-order valence-electron chi connectivity index (χ1n) is 8.82. The van der Waals surface area contributed by atoms with Gasteiger partial charge in [0.05, 0.1) is 12.5 Å². The molecule has 0 bridgehead atoms. The molecule has 0 fully saturated rings. The Morgan fingerprint density at radius 2 is 1.77 bits per heavy atom. The number of rotatable bonds is 4. The second kappa shape index (κ2) is 7.56. The molecule has 3 rings (SSSR count). The van der Waals surface area contributed by atoms with E-state index in [0.717, 1.165) is 16.7 Å². The fourth-order valence-electron chi connectivity index (χ4n) is 3.37. The number of hydrogen-bond acceptors (Lipinski definition) is 2. The van der Waals surface area contributed by atoms with E-state index >= 15 is 0 Å². The van der Waals surface area contributed by atoms with Crippen molar-refractivity contribution in [3.8, 4) is 0 Å². The van der Waals surface area contributed by atoms with E-state index in [2.05, 4.69) is 0 Å². The molecule has 0 spiro atoms. The van der Waals surface area contributed by atoms with Gasteiger partial charge in [-0.25, -0.2) is 0 Å². The maximum absolute atomic E-state index is 12.9. The Balaban J connectivity index is 1.79. The predicted octanol–water partition coefficient (Wildman–Crippen LogP) is 3.92. The monoisotopic (exact) mass is 348 g/mol. The Morgan fingerprint density at radius 3 is 2.50 bits per heavy atom. The standard InChI is InChI=1S/C22H24N2O2/c1-16-8-4-5-10-19(16)15-23(3)22(26)14-21-20-11-7-6-9-18(20)12-13-24(21)17(2)25/h4-13,21H,14-15H2,1-3H3. The van der Waals surface area contributed by atoms with E-state index in [9.17, 15) is 9.59 Å². The van der Waals surface area contributed by atoms with Crippen LogP contribution in [0, 0.1) is 6.92 Å². The van der Waals surface area contributed by atoms with Gasteiger partial charge in [0.25, 0.3) is 0 Å². The van der Waals surface area contributed by atoms with Crippen LogP contribution in [-0.4, -0.2) is 28.7 Å². The molecule has 1 unspecified atom stereocenters. The van der Waals surface area contributed by atoms with Crippen molar-refractivity contribution in [1.82, 2.24) is 9.80 Å². The number of carbonyl (C=O) groups is 2. The molecule has 0 radical (unpaired) electrons. The summed E-state index contributed by atoms with van der Waals surface area (Å²) in [6.45, 7) is 4.15. The largest absolute Gasteiger partial charge is 0.341 e. The molecule has 0 aromatic heterocycles. The number of amides is 2. The van der Waals surface area contributed by atoms with Gasteiger partial charge in [0.2, 0.25) is 11.8 Å². The quantitative estimate of drug-likeness (QED) is 0.840. The fourth-order valence-corrected chi connectivity index (χ4v) is 3.37. The summed E-state index contributed by atoms with van der Waals surface area (Å²) in [6.07, 6.45) is 3.97. The summed E-state index contributed by atoms with van der Waals surface area (Å²) in [5, 5.41) is 0. The minimum absolute atomic E-state index is 0.0228. The molecule has 0 N–H and O–H groups in total. The van der Waals surface area contributed by atoms with Gasteiger partial charge < -0.3 is 9.80 Å². The van der Waals surface area contributed by atoms with Crippen LogP contribution in [0.5, 0.6) is 0 Å². The van der Waals surface area contributed by atoms with Crippen molar-refractivity contribution < 1.29 is 9.59 Å². The van der Waals surface area contributed by atoms with Crippen LogP contribution in [0.15, 0.2) is 54.7 Å². The molecule has 1 aliphatic heterocycles. The predicted molar refractivity (Wildman–Crippen MR) is 103 cm³/mol. The smallest absolute Gasteiger partial charge is 0.225 e. The number of benzene rings is 2. The van der Waals surface area contributed by atoms with Gasteiger partial charge in [-0.1, -0.05) is 48.5 Å². The average molecular weight is 348 g/mol. The van der Waals surface area contributed by atoms with Crippen molar-refractivity contribution in [1.29, 1.82) is 0 Å². The number of carbonyl (C=O) groups excluding carboxylic acids is 2. The highest BCUT2D eigenvalue weighted by Gasteiger charge is 2.29. The van der Waals surface area contributed by atoms with Crippen molar-refractivity contribution in [2.24, 2.45) is 0 Å². The molecular weight excluding hydrogens is 324 g/mol. The first-order chi connectivity index (χ1) is 12.5. The molecular formula is C22H24N2O2. The minimum atomic E-state index is -0.263. The maximum Gasteiger partial charge on any atom is 0.225 e. The number of fused-ring (bicyclic) bond motifs is 1. The van der Waals surface area contributed by atoms with Crippen molar-refractivity contribution in [3.05, 3.63) is 77.0 Å². The van der Waals surface area contributed by atoms with Crippen LogP contribution in [0.2, 0.25) is 0 Å². The molecule has 1 heterocycles. The van der Waals surface area contributed by atoms with Gasteiger partial charge in [-0.15, -0.1) is 0 Å². The van der Waals surface area contributed by atoms with Crippen molar-refractivity contribution in [2.45, 2.75) is 32.9 Å². The first-order valence-corrected chi connectivity index (χ1v) is 8.82. The zero-order valence-electron chi connectivity index (χ0n) is 15.5. The summed E-state index contributed by atoms with van der Waals surface area (Å²) in [5.41, 5.74) is 4.38. The summed E-state index contributed by atoms with van der Waals surface area (Å²) in [4.78, 5) is 28.3. The summed E-state index contributed by atoms with van der Waals surface area (Å²) in [5.74, 6) is -0.0373. The Bertz CT molecular complexity index is 857. The lowest BCUT2D eigenvalue weighted by Crippen LogP contribution is -2.35. The highest BCUT2D eigenvalue weighted by Crippen LogP contribution is 2.33. The summed E-state index contributed by atoms with van der Waals surface area (Å²) >= 11 is 0. The van der Waals surface area contributed by atoms with Crippen molar-refractivity contribution in [3.63, 3.8) is 0 Å². The van der Waals surface area contributed by atoms with Crippen LogP contribution in [0.1, 0.15) is 41.6 Å². The molecule has 2 aromatic rings. The van der Waals surface area contributed by atoms with Gasteiger partial charge in [-0.05, 0) is 35.3 Å². The van der Waals surface area contributed by atoms with E-state index in [-0.39, 0.29) is 24.3 Å². The second-order valence-corrected chi connectivity index (χ2v) is 6.77. The third-order valence-electron chi connectivity index (χ3n) is 4.93. The van der Waals surface area contributed by atoms with Gasteiger partial charge in [-0.2, -0.15) is 0 Å². The van der Waals surface area contributed by atoms with Crippen LogP contribution in [-0.2, 0) is 16.1 Å². The van der Waals surface area contributed by atoms with E-state index in [1.807, 2.05) is 68.6 Å². The van der Waals surface area contributed by atoms with E-state index in [1.165, 1.54) is 12.5 Å². The van der Waals surface area contributed by atoms with Crippen LogP contribution in [0.25, 0.3) is 6.08 Å². The van der Waals surface area contributed by atoms with Gasteiger partial charge in [0.1, 0.15) is 0 Å². The van der Waals surface area contributed by atoms with E-state index in [1.54, 1.807) is 16.0 Å². The number of aryl methyl sites for hydroxylation is 1. The Morgan fingerprint density at radius 1 is 1.08 bits per heavy atom. The van der Waals surface area contributed by atoms with E-state index in [4.69, 9.17) is 0 Å². The van der Waals surface area contributed by atoms with Gasteiger partial charge in [0.15, 0.2) is 0 Å². The Labute approximate surface area is 154 Å². The molecule has 2 aromatic carbocycles. The molecule has 1 atom stereocenters. The average Bonchev–Trinajstić information content (AvgIpc) is 2.63. The molecule has 134 valence electrons. The van der Waals surface area contributed by atoms with Crippen molar-refractivity contribution >= 4 is 17.9 Å². The normalized spacial score (nSPS) is 15.5. The molecule has 4 nitrogen and oxygen atoms in total. The highest BCUT2D eigenvalue weighted by molar-refractivity contribution is 5.81. The molecule has 26 heavy (non-hydrogen) atoms. The molecule has 2 amide bonds. The minimum Gasteiger partial charge on any atom is -0.341 e. The van der Waals surface area contributed by atoms with E-state index < -0.39 is 0 Å². The van der Waals surface area contributed by atoms with Crippen LogP contribution in [0.4, 0.5) is 0 Å². The summed E-state index contributed by atoms with van der Waals surface area (Å²) in [6, 6.07) is 15.7. The maximum atomic E-state index is 12.9. The lowest BCUT2D eigenvalue weighted by molar-refractivity contribution is -0.134. The third-order valence-corrected chi connectivity index (χ3v) is 4.93. The van der Waals surface area contributed by atoms with Crippen LogP contribution >= 0.6 is 0 Å². The summed E-state index contributed by atoms with van der Waals surface area (Å²) < 4.78 is 0. The molecule has 0 aliphatic carbocycles.